The van der Waals surface area contributed by atoms with Gasteiger partial charge < -0.3 is 19.8 Å². The summed E-state index contributed by atoms with van der Waals surface area (Å²) in [6.45, 7) is 0. The topological polar surface area (TPSA) is 103 Å². The summed E-state index contributed by atoms with van der Waals surface area (Å²) in [4.78, 5) is 16.5. The van der Waals surface area contributed by atoms with Crippen molar-refractivity contribution in [3.05, 3.63) is 59.9 Å². The average Bonchev–Trinajstić information content (AvgIpc) is 3.04. The molecule has 7 heteroatoms. The van der Waals surface area contributed by atoms with Gasteiger partial charge in [0.05, 0.1) is 31.2 Å². The minimum Gasteiger partial charge on any atom is -0.481 e. The lowest BCUT2D eigenvalue weighted by Gasteiger charge is -2.10. The molecule has 2 N–H and O–H groups in total. The van der Waals surface area contributed by atoms with Crippen LogP contribution in [0.4, 0.5) is 5.69 Å². The molecule has 0 saturated carbocycles. The smallest absolute Gasteiger partial charge is 0.357 e. The fourth-order valence-corrected chi connectivity index (χ4v) is 2.62. The number of nitrogen functional groups attached to an aromatic ring is 1. The first-order valence-corrected chi connectivity index (χ1v) is 7.70. The molecule has 1 aromatic carbocycles. The minimum absolute atomic E-state index is 0.0873. The lowest BCUT2D eigenvalue weighted by Crippen LogP contribution is -2.11. The van der Waals surface area contributed by atoms with E-state index in [0.29, 0.717) is 17.3 Å². The maximum atomic E-state index is 12.1. The number of rotatable bonds is 4. The van der Waals surface area contributed by atoms with E-state index in [2.05, 4.69) is 4.98 Å². The highest BCUT2D eigenvalue weighted by Crippen LogP contribution is 2.27. The number of hydrogen-bond donors (Lipinski definition) is 1. The zero-order valence-electron chi connectivity index (χ0n) is 14.3. The molecule has 26 heavy (non-hydrogen) atoms. The Labute approximate surface area is 150 Å². The van der Waals surface area contributed by atoms with Crippen LogP contribution >= 0.6 is 0 Å². The number of nitrogens with zero attached hydrogens (tertiary/aromatic N) is 3. The van der Waals surface area contributed by atoms with Crippen molar-refractivity contribution >= 4 is 11.7 Å². The van der Waals surface area contributed by atoms with Crippen LogP contribution in [0.2, 0.25) is 0 Å². The first-order valence-electron chi connectivity index (χ1n) is 7.70. The summed E-state index contributed by atoms with van der Waals surface area (Å²) >= 11 is 0. The molecule has 0 amide bonds. The van der Waals surface area contributed by atoms with Crippen molar-refractivity contribution in [1.29, 1.82) is 5.26 Å². The van der Waals surface area contributed by atoms with Gasteiger partial charge >= 0.3 is 5.97 Å². The summed E-state index contributed by atoms with van der Waals surface area (Å²) in [7, 11) is 2.82. The number of ether oxygens (including phenoxy) is 2. The molecule has 0 atom stereocenters. The zero-order valence-corrected chi connectivity index (χ0v) is 14.3. The molecular weight excluding hydrogens is 332 g/mol. The van der Waals surface area contributed by atoms with Crippen LogP contribution in [0.15, 0.2) is 48.7 Å². The Balaban J connectivity index is 2.14. The van der Waals surface area contributed by atoms with Crippen LogP contribution in [0.25, 0.3) is 16.9 Å². The third kappa shape index (κ3) is 2.96. The largest absolute Gasteiger partial charge is 0.481 e. The van der Waals surface area contributed by atoms with Gasteiger partial charge in [-0.2, -0.15) is 5.26 Å². The first kappa shape index (κ1) is 17.0. The second-order valence-electron chi connectivity index (χ2n) is 5.39. The molecule has 0 bridgehead atoms. The summed E-state index contributed by atoms with van der Waals surface area (Å²) in [5, 5.41) is 9.23. The highest BCUT2D eigenvalue weighted by atomic mass is 16.5. The van der Waals surface area contributed by atoms with Gasteiger partial charge in [-0.15, -0.1) is 0 Å². The van der Waals surface area contributed by atoms with Crippen LogP contribution in [-0.4, -0.2) is 29.7 Å². The van der Waals surface area contributed by atoms with E-state index in [1.54, 1.807) is 23.8 Å². The van der Waals surface area contributed by atoms with Crippen LogP contribution < -0.4 is 10.5 Å². The molecule has 0 spiro atoms. The lowest BCUT2D eigenvalue weighted by atomic mass is 10.1. The first-order chi connectivity index (χ1) is 12.6. The normalized spacial score (nSPS) is 10.2. The molecule has 7 nitrogen and oxygen atoms in total. The minimum atomic E-state index is -0.617. The molecule has 2 aromatic heterocycles. The Morgan fingerprint density at radius 3 is 2.69 bits per heavy atom. The summed E-state index contributed by atoms with van der Waals surface area (Å²) < 4.78 is 11.5. The maximum Gasteiger partial charge on any atom is 0.357 e. The SMILES string of the molecule is COC(=O)c1c(N)c(C#N)cn1-c1cccc(-c2cccc(OC)n2)c1. The highest BCUT2D eigenvalue weighted by molar-refractivity contribution is 5.96. The zero-order chi connectivity index (χ0) is 18.7. The number of benzene rings is 1. The van der Waals surface area contributed by atoms with E-state index in [1.807, 2.05) is 36.4 Å². The quantitative estimate of drug-likeness (QED) is 0.727. The number of esters is 1. The Morgan fingerprint density at radius 2 is 2.00 bits per heavy atom. The number of anilines is 1. The molecular formula is C19H16N4O3. The van der Waals surface area contributed by atoms with Gasteiger partial charge in [0.15, 0.2) is 5.69 Å². The summed E-state index contributed by atoms with van der Waals surface area (Å²) in [5.41, 5.74) is 8.53. The van der Waals surface area contributed by atoms with E-state index in [0.717, 1.165) is 5.56 Å². The van der Waals surface area contributed by atoms with Gasteiger partial charge in [-0.25, -0.2) is 9.78 Å². The maximum absolute atomic E-state index is 12.1. The van der Waals surface area contributed by atoms with Crippen molar-refractivity contribution in [2.45, 2.75) is 0 Å². The Morgan fingerprint density at radius 1 is 1.23 bits per heavy atom. The third-order valence-corrected chi connectivity index (χ3v) is 3.90. The molecule has 0 unspecified atom stereocenters. The number of pyridine rings is 1. The molecule has 0 saturated heterocycles. The van der Waals surface area contributed by atoms with E-state index in [1.165, 1.54) is 13.3 Å². The van der Waals surface area contributed by atoms with Crippen molar-refractivity contribution in [2.24, 2.45) is 0 Å². The van der Waals surface area contributed by atoms with E-state index < -0.39 is 5.97 Å². The molecule has 3 rings (SSSR count). The number of hydrogen-bond acceptors (Lipinski definition) is 6. The molecule has 0 aliphatic carbocycles. The molecule has 0 aliphatic rings. The fourth-order valence-electron chi connectivity index (χ4n) is 2.62. The molecule has 130 valence electrons. The third-order valence-electron chi connectivity index (χ3n) is 3.90. The summed E-state index contributed by atoms with van der Waals surface area (Å²) in [6, 6.07) is 14.8. The summed E-state index contributed by atoms with van der Waals surface area (Å²) in [6.07, 6.45) is 1.51. The van der Waals surface area contributed by atoms with Crippen LogP contribution in [-0.2, 0) is 4.74 Å². The number of nitriles is 1. The van der Waals surface area contributed by atoms with Gasteiger partial charge in [-0.3, -0.25) is 0 Å². The number of aromatic nitrogens is 2. The predicted octanol–water partition coefficient (Wildman–Crippen LogP) is 2.79. The van der Waals surface area contributed by atoms with Crippen molar-refractivity contribution in [3.63, 3.8) is 0 Å². The van der Waals surface area contributed by atoms with Crippen LogP contribution in [0, 0.1) is 11.3 Å². The standard InChI is InChI=1S/C19H16N4O3/c1-25-16-8-4-7-15(22-16)12-5-3-6-14(9-12)23-11-13(10-20)17(21)18(23)19(24)26-2/h3-9,11H,21H2,1-2H3. The van der Waals surface area contributed by atoms with Gasteiger partial charge in [0.25, 0.3) is 0 Å². The number of carbonyl (C=O) groups excluding carboxylic acids is 1. The predicted molar refractivity (Wildman–Crippen MR) is 96.0 cm³/mol. The Hall–Kier alpha value is -3.79. The van der Waals surface area contributed by atoms with Crippen molar-refractivity contribution in [2.75, 3.05) is 20.0 Å². The van der Waals surface area contributed by atoms with Gasteiger partial charge in [0.1, 0.15) is 6.07 Å². The van der Waals surface area contributed by atoms with Crippen molar-refractivity contribution in [1.82, 2.24) is 9.55 Å². The monoisotopic (exact) mass is 348 g/mol. The van der Waals surface area contributed by atoms with E-state index in [4.69, 9.17) is 15.2 Å². The van der Waals surface area contributed by atoms with Crippen LogP contribution in [0.3, 0.4) is 0 Å². The Kier molecular flexibility index (Phi) is 4.58. The molecule has 0 fully saturated rings. The van der Waals surface area contributed by atoms with Crippen molar-refractivity contribution in [3.8, 4) is 28.9 Å². The van der Waals surface area contributed by atoms with Gasteiger partial charge in [-0.05, 0) is 18.2 Å². The van der Waals surface area contributed by atoms with E-state index in [-0.39, 0.29) is 16.9 Å². The highest BCUT2D eigenvalue weighted by Gasteiger charge is 2.21. The fraction of sp³-hybridized carbons (Fsp3) is 0.105. The molecule has 2 heterocycles. The molecule has 0 radical (unpaired) electrons. The van der Waals surface area contributed by atoms with Crippen LogP contribution in [0.1, 0.15) is 16.1 Å². The van der Waals surface area contributed by atoms with Gasteiger partial charge in [0, 0.05) is 23.5 Å². The number of carbonyl (C=O) groups is 1. The number of methoxy groups -OCH3 is 2. The molecule has 3 aromatic rings. The number of nitrogens with two attached hydrogens (primary N) is 1. The molecule has 0 aliphatic heterocycles. The summed E-state index contributed by atoms with van der Waals surface area (Å²) in [5.74, 6) is -0.117. The Bertz CT molecular complexity index is 1020. The van der Waals surface area contributed by atoms with Crippen LogP contribution in [0.5, 0.6) is 5.88 Å². The second kappa shape index (κ2) is 6.99. The lowest BCUT2D eigenvalue weighted by molar-refractivity contribution is 0.0593. The van der Waals surface area contributed by atoms with E-state index >= 15 is 0 Å². The van der Waals surface area contributed by atoms with Gasteiger partial charge in [-0.1, -0.05) is 18.2 Å². The average molecular weight is 348 g/mol. The van der Waals surface area contributed by atoms with Gasteiger partial charge in [0.2, 0.25) is 5.88 Å². The van der Waals surface area contributed by atoms with Crippen molar-refractivity contribution < 1.29 is 14.3 Å². The second-order valence-corrected chi connectivity index (χ2v) is 5.39. The van der Waals surface area contributed by atoms with E-state index in [9.17, 15) is 10.1 Å².